The van der Waals surface area contributed by atoms with Crippen LogP contribution < -0.4 is 21.3 Å². The fourth-order valence-corrected chi connectivity index (χ4v) is 6.21. The molecule has 4 saturated carbocycles. The molecule has 1 saturated heterocycles. The molecule has 1 aliphatic heterocycles. The second kappa shape index (κ2) is 8.35. The molecular formula is C20H35N5O2. The van der Waals surface area contributed by atoms with Crippen LogP contribution in [0.15, 0.2) is 0 Å². The summed E-state index contributed by atoms with van der Waals surface area (Å²) in [5.74, 6) is 2.47. The third kappa shape index (κ3) is 4.93. The van der Waals surface area contributed by atoms with E-state index in [-0.39, 0.29) is 17.5 Å². The van der Waals surface area contributed by atoms with Crippen LogP contribution in [-0.4, -0.2) is 68.2 Å². The summed E-state index contributed by atoms with van der Waals surface area (Å²) >= 11 is 0. The molecule has 0 aromatic rings. The van der Waals surface area contributed by atoms with Crippen molar-refractivity contribution in [3.05, 3.63) is 0 Å². The average Bonchev–Trinajstić information content (AvgIpc) is 2.61. The Morgan fingerprint density at radius 3 is 2.19 bits per heavy atom. The van der Waals surface area contributed by atoms with Gasteiger partial charge in [0.25, 0.3) is 0 Å². The summed E-state index contributed by atoms with van der Waals surface area (Å²) in [6.07, 6.45) is 7.91. The maximum absolute atomic E-state index is 12.4. The van der Waals surface area contributed by atoms with Crippen molar-refractivity contribution in [1.82, 2.24) is 26.2 Å². The van der Waals surface area contributed by atoms with E-state index in [0.29, 0.717) is 19.5 Å². The summed E-state index contributed by atoms with van der Waals surface area (Å²) < 4.78 is 0. The summed E-state index contributed by atoms with van der Waals surface area (Å²) in [6, 6.07) is -0.0921. The molecule has 0 aromatic heterocycles. The van der Waals surface area contributed by atoms with Gasteiger partial charge < -0.3 is 21.3 Å². The van der Waals surface area contributed by atoms with Gasteiger partial charge in [0, 0.05) is 57.8 Å². The lowest BCUT2D eigenvalue weighted by molar-refractivity contribution is -0.121. The van der Waals surface area contributed by atoms with E-state index in [0.717, 1.165) is 69.7 Å². The lowest BCUT2D eigenvalue weighted by atomic mass is 9.53. The Hall–Kier alpha value is -1.34. The highest BCUT2D eigenvalue weighted by Gasteiger charge is 2.51. The van der Waals surface area contributed by atoms with E-state index >= 15 is 0 Å². The van der Waals surface area contributed by atoms with Gasteiger partial charge in [-0.2, -0.15) is 0 Å². The van der Waals surface area contributed by atoms with E-state index < -0.39 is 0 Å². The van der Waals surface area contributed by atoms with E-state index in [1.54, 1.807) is 0 Å². The molecule has 4 aliphatic carbocycles. The molecule has 5 rings (SSSR count). The van der Waals surface area contributed by atoms with Gasteiger partial charge in [-0.1, -0.05) is 0 Å². The number of piperazine rings is 1. The fraction of sp³-hybridized carbons (Fsp3) is 0.900. The van der Waals surface area contributed by atoms with Crippen LogP contribution in [0.4, 0.5) is 4.79 Å². The number of carbonyl (C=O) groups is 2. The molecule has 4 bridgehead atoms. The van der Waals surface area contributed by atoms with Crippen molar-refractivity contribution < 1.29 is 9.59 Å². The maximum Gasteiger partial charge on any atom is 0.315 e. The summed E-state index contributed by atoms with van der Waals surface area (Å²) in [4.78, 5) is 26.7. The van der Waals surface area contributed by atoms with Gasteiger partial charge in [-0.05, 0) is 56.3 Å². The Kier molecular flexibility index (Phi) is 5.88. The lowest BCUT2D eigenvalue weighted by Gasteiger charge is -2.56. The van der Waals surface area contributed by atoms with Crippen LogP contribution in [0.3, 0.4) is 0 Å². The molecule has 7 nitrogen and oxygen atoms in total. The number of rotatable bonds is 7. The van der Waals surface area contributed by atoms with Gasteiger partial charge in [0.2, 0.25) is 5.91 Å². The largest absolute Gasteiger partial charge is 0.355 e. The minimum absolute atomic E-state index is 0.0141. The van der Waals surface area contributed by atoms with E-state index in [4.69, 9.17) is 0 Å². The molecule has 152 valence electrons. The number of nitrogens with one attached hydrogen (secondary N) is 4. The number of urea groups is 1. The smallest absolute Gasteiger partial charge is 0.315 e. The molecular weight excluding hydrogens is 342 g/mol. The highest BCUT2D eigenvalue weighted by atomic mass is 16.2. The summed E-state index contributed by atoms with van der Waals surface area (Å²) in [5.41, 5.74) is 0.0321. The van der Waals surface area contributed by atoms with Gasteiger partial charge in [0.05, 0.1) is 0 Å². The monoisotopic (exact) mass is 377 g/mol. The van der Waals surface area contributed by atoms with Crippen LogP contribution in [0.1, 0.15) is 44.9 Å². The first-order valence-corrected chi connectivity index (χ1v) is 10.9. The molecule has 27 heavy (non-hydrogen) atoms. The predicted octanol–water partition coefficient (Wildman–Crippen LogP) is 0.666. The quantitative estimate of drug-likeness (QED) is 0.525. The van der Waals surface area contributed by atoms with Gasteiger partial charge >= 0.3 is 6.03 Å². The molecule has 1 heterocycles. The van der Waals surface area contributed by atoms with Crippen LogP contribution in [-0.2, 0) is 4.79 Å². The van der Waals surface area contributed by atoms with Crippen molar-refractivity contribution in [2.24, 2.45) is 17.8 Å². The highest BCUT2D eigenvalue weighted by Crippen LogP contribution is 2.55. The zero-order valence-electron chi connectivity index (χ0n) is 16.4. The normalized spacial score (nSPS) is 35.0. The Bertz CT molecular complexity index is 511. The van der Waals surface area contributed by atoms with Gasteiger partial charge in [-0.15, -0.1) is 0 Å². The molecule has 3 amide bonds. The first kappa shape index (κ1) is 19.0. The maximum atomic E-state index is 12.4. The number of hydrogen-bond acceptors (Lipinski definition) is 4. The summed E-state index contributed by atoms with van der Waals surface area (Å²) in [7, 11) is 0. The topological polar surface area (TPSA) is 85.5 Å². The van der Waals surface area contributed by atoms with Crippen LogP contribution in [0.2, 0.25) is 0 Å². The van der Waals surface area contributed by atoms with Crippen molar-refractivity contribution in [1.29, 1.82) is 0 Å². The Labute approximate surface area is 162 Å². The van der Waals surface area contributed by atoms with Crippen LogP contribution in [0, 0.1) is 17.8 Å². The molecule has 7 heteroatoms. The molecule has 0 atom stereocenters. The zero-order valence-corrected chi connectivity index (χ0v) is 16.4. The van der Waals surface area contributed by atoms with E-state index in [1.807, 2.05) is 0 Å². The number of nitrogens with zero attached hydrogens (tertiary/aromatic N) is 1. The highest BCUT2D eigenvalue weighted by molar-refractivity contribution is 5.78. The predicted molar refractivity (Wildman–Crippen MR) is 104 cm³/mol. The molecule has 0 aromatic carbocycles. The Balaban J connectivity index is 1.10. The third-order valence-corrected chi connectivity index (χ3v) is 7.01. The second-order valence-electron chi connectivity index (χ2n) is 9.27. The zero-order chi connectivity index (χ0) is 18.7. The first-order chi connectivity index (χ1) is 13.1. The van der Waals surface area contributed by atoms with Crippen molar-refractivity contribution in [3.8, 4) is 0 Å². The van der Waals surface area contributed by atoms with Crippen molar-refractivity contribution in [2.75, 3.05) is 45.8 Å². The van der Waals surface area contributed by atoms with E-state index in [9.17, 15) is 9.59 Å². The number of amides is 3. The van der Waals surface area contributed by atoms with Gasteiger partial charge in [0.15, 0.2) is 0 Å². The van der Waals surface area contributed by atoms with E-state index in [2.05, 4.69) is 26.2 Å². The summed E-state index contributed by atoms with van der Waals surface area (Å²) in [6.45, 7) is 6.11. The van der Waals surface area contributed by atoms with Gasteiger partial charge in [-0.3, -0.25) is 9.69 Å². The SMILES string of the molecule is O=C(CCNC(=O)NC12CC3CC(CC(C3)C1)C2)NCCN1CCNCC1. The molecule has 5 aliphatic rings. The van der Waals surface area contributed by atoms with Gasteiger partial charge in [0.1, 0.15) is 0 Å². The molecule has 0 unspecified atom stereocenters. The molecule has 4 N–H and O–H groups in total. The minimum Gasteiger partial charge on any atom is -0.355 e. The first-order valence-electron chi connectivity index (χ1n) is 10.9. The average molecular weight is 378 g/mol. The lowest BCUT2D eigenvalue weighted by Crippen LogP contribution is -2.61. The second-order valence-corrected chi connectivity index (χ2v) is 9.27. The summed E-state index contributed by atoms with van der Waals surface area (Å²) in [5, 5.41) is 12.5. The Morgan fingerprint density at radius 2 is 1.56 bits per heavy atom. The number of carbonyl (C=O) groups excluding carboxylic acids is 2. The molecule has 0 radical (unpaired) electrons. The van der Waals surface area contributed by atoms with Crippen molar-refractivity contribution in [3.63, 3.8) is 0 Å². The fourth-order valence-electron chi connectivity index (χ4n) is 6.21. The Morgan fingerprint density at radius 1 is 0.926 bits per heavy atom. The van der Waals surface area contributed by atoms with Crippen LogP contribution >= 0.6 is 0 Å². The third-order valence-electron chi connectivity index (χ3n) is 7.01. The van der Waals surface area contributed by atoms with Crippen LogP contribution in [0.25, 0.3) is 0 Å². The van der Waals surface area contributed by atoms with Crippen molar-refractivity contribution in [2.45, 2.75) is 50.5 Å². The van der Waals surface area contributed by atoms with Crippen LogP contribution in [0.5, 0.6) is 0 Å². The number of hydrogen-bond donors (Lipinski definition) is 4. The van der Waals surface area contributed by atoms with Crippen molar-refractivity contribution >= 4 is 11.9 Å². The molecule has 0 spiro atoms. The van der Waals surface area contributed by atoms with Gasteiger partial charge in [-0.25, -0.2) is 4.79 Å². The molecule has 5 fully saturated rings. The van der Waals surface area contributed by atoms with E-state index in [1.165, 1.54) is 19.3 Å². The minimum atomic E-state index is -0.0921. The standard InChI is InChI=1S/C20H35N5O2/c26-18(22-5-8-25-6-3-21-4-7-25)1-2-23-19(27)24-20-12-15-9-16(13-20)11-17(10-15)14-20/h15-17,21H,1-14H2,(H,22,26)(H2,23,24,27).